The molecule has 1 heterocycles. The summed E-state index contributed by atoms with van der Waals surface area (Å²) in [5.74, 6) is -0.0270. The summed E-state index contributed by atoms with van der Waals surface area (Å²) >= 11 is 0. The SMILES string of the molecule is CCCCC(N)C(=O)NCCCn1ccc2ccccc21. The van der Waals surface area contributed by atoms with E-state index in [9.17, 15) is 4.79 Å². The smallest absolute Gasteiger partial charge is 0.236 e. The lowest BCUT2D eigenvalue weighted by molar-refractivity contribution is -0.122. The van der Waals surface area contributed by atoms with Gasteiger partial charge in [-0.2, -0.15) is 0 Å². The highest BCUT2D eigenvalue weighted by atomic mass is 16.2. The standard InChI is InChI=1S/C17H25N3O/c1-2-3-8-15(18)17(21)19-11-6-12-20-13-10-14-7-4-5-9-16(14)20/h4-5,7,9-10,13,15H,2-3,6,8,11-12,18H2,1H3,(H,19,21). The molecule has 1 aromatic heterocycles. The van der Waals surface area contributed by atoms with Gasteiger partial charge in [0, 0.05) is 24.8 Å². The average Bonchev–Trinajstić information content (AvgIpc) is 2.92. The van der Waals surface area contributed by atoms with Gasteiger partial charge in [0.05, 0.1) is 6.04 Å². The van der Waals surface area contributed by atoms with Gasteiger partial charge in [0.25, 0.3) is 0 Å². The maximum Gasteiger partial charge on any atom is 0.236 e. The van der Waals surface area contributed by atoms with Crippen LogP contribution in [-0.2, 0) is 11.3 Å². The molecule has 1 atom stereocenters. The molecule has 4 nitrogen and oxygen atoms in total. The molecule has 1 amide bonds. The largest absolute Gasteiger partial charge is 0.355 e. The third-order valence-corrected chi connectivity index (χ3v) is 3.76. The van der Waals surface area contributed by atoms with Crippen molar-refractivity contribution in [3.63, 3.8) is 0 Å². The summed E-state index contributed by atoms with van der Waals surface area (Å²) < 4.78 is 2.22. The number of para-hydroxylation sites is 1. The van der Waals surface area contributed by atoms with Crippen LogP contribution in [0.4, 0.5) is 0 Å². The van der Waals surface area contributed by atoms with Crippen molar-refractivity contribution in [3.05, 3.63) is 36.5 Å². The first-order valence-corrected chi connectivity index (χ1v) is 7.79. The van der Waals surface area contributed by atoms with Gasteiger partial charge in [-0.3, -0.25) is 4.79 Å². The minimum absolute atomic E-state index is 0.0270. The maximum absolute atomic E-state index is 11.8. The van der Waals surface area contributed by atoms with Crippen LogP contribution in [0.1, 0.15) is 32.6 Å². The van der Waals surface area contributed by atoms with Crippen molar-refractivity contribution in [2.24, 2.45) is 5.73 Å². The molecular formula is C17H25N3O. The van der Waals surface area contributed by atoms with E-state index < -0.39 is 0 Å². The number of aromatic nitrogens is 1. The number of nitrogens with zero attached hydrogens (tertiary/aromatic N) is 1. The van der Waals surface area contributed by atoms with Gasteiger partial charge in [-0.1, -0.05) is 38.0 Å². The minimum atomic E-state index is -0.364. The van der Waals surface area contributed by atoms with Crippen molar-refractivity contribution in [2.75, 3.05) is 6.54 Å². The Balaban J connectivity index is 1.73. The predicted octanol–water partition coefficient (Wildman–Crippen LogP) is 2.67. The Bertz CT molecular complexity index is 576. The molecule has 4 heteroatoms. The highest BCUT2D eigenvalue weighted by Crippen LogP contribution is 2.15. The van der Waals surface area contributed by atoms with Crippen molar-refractivity contribution < 1.29 is 4.79 Å². The van der Waals surface area contributed by atoms with Crippen LogP contribution in [0.2, 0.25) is 0 Å². The van der Waals surface area contributed by atoms with E-state index in [1.807, 2.05) is 12.1 Å². The first-order chi connectivity index (χ1) is 10.2. The summed E-state index contributed by atoms with van der Waals surface area (Å²) in [5, 5.41) is 4.18. The Morgan fingerprint density at radius 1 is 1.29 bits per heavy atom. The number of aryl methyl sites for hydroxylation is 1. The van der Waals surface area contributed by atoms with Gasteiger partial charge in [0.2, 0.25) is 5.91 Å². The molecule has 0 saturated heterocycles. The van der Waals surface area contributed by atoms with Crippen LogP contribution in [-0.4, -0.2) is 23.1 Å². The second kappa shape index (κ2) is 7.84. The number of carbonyl (C=O) groups excluding carboxylic acids is 1. The molecule has 0 aliphatic carbocycles. The summed E-state index contributed by atoms with van der Waals surface area (Å²) in [6, 6.07) is 10.1. The van der Waals surface area contributed by atoms with Gasteiger partial charge in [0.1, 0.15) is 0 Å². The first kappa shape index (κ1) is 15.6. The summed E-state index contributed by atoms with van der Waals surface area (Å²) in [7, 11) is 0. The van der Waals surface area contributed by atoms with Crippen LogP contribution in [0.5, 0.6) is 0 Å². The monoisotopic (exact) mass is 287 g/mol. The summed E-state index contributed by atoms with van der Waals surface area (Å²) in [6.07, 6.45) is 5.85. The fraction of sp³-hybridized carbons (Fsp3) is 0.471. The van der Waals surface area contributed by atoms with E-state index in [0.29, 0.717) is 6.54 Å². The molecule has 0 aliphatic rings. The van der Waals surface area contributed by atoms with Gasteiger partial charge in [-0.15, -0.1) is 0 Å². The van der Waals surface area contributed by atoms with Crippen LogP contribution in [0.25, 0.3) is 10.9 Å². The lowest BCUT2D eigenvalue weighted by atomic mass is 10.1. The molecule has 21 heavy (non-hydrogen) atoms. The van der Waals surface area contributed by atoms with Gasteiger partial charge < -0.3 is 15.6 Å². The van der Waals surface area contributed by atoms with E-state index in [1.165, 1.54) is 10.9 Å². The maximum atomic E-state index is 11.8. The zero-order chi connectivity index (χ0) is 15.1. The van der Waals surface area contributed by atoms with Crippen LogP contribution >= 0.6 is 0 Å². The van der Waals surface area contributed by atoms with Gasteiger partial charge in [-0.05, 0) is 30.4 Å². The third-order valence-electron chi connectivity index (χ3n) is 3.76. The van der Waals surface area contributed by atoms with Crippen LogP contribution < -0.4 is 11.1 Å². The van der Waals surface area contributed by atoms with Crippen molar-refractivity contribution in [2.45, 2.75) is 45.2 Å². The Morgan fingerprint density at radius 3 is 2.90 bits per heavy atom. The molecule has 0 radical (unpaired) electrons. The molecule has 2 rings (SSSR count). The molecule has 0 saturated carbocycles. The van der Waals surface area contributed by atoms with Crippen LogP contribution in [0, 0.1) is 0 Å². The lowest BCUT2D eigenvalue weighted by Crippen LogP contribution is -2.41. The topological polar surface area (TPSA) is 60.1 Å². The van der Waals surface area contributed by atoms with E-state index in [-0.39, 0.29) is 11.9 Å². The van der Waals surface area contributed by atoms with E-state index >= 15 is 0 Å². The van der Waals surface area contributed by atoms with Gasteiger partial charge >= 0.3 is 0 Å². The number of fused-ring (bicyclic) bond motifs is 1. The highest BCUT2D eigenvalue weighted by molar-refractivity contribution is 5.81. The summed E-state index contributed by atoms with van der Waals surface area (Å²) in [6.45, 7) is 3.68. The highest BCUT2D eigenvalue weighted by Gasteiger charge is 2.11. The number of benzene rings is 1. The predicted molar refractivity (Wildman–Crippen MR) is 87.1 cm³/mol. The van der Waals surface area contributed by atoms with E-state index in [0.717, 1.165) is 32.2 Å². The summed E-state index contributed by atoms with van der Waals surface area (Å²) in [5.41, 5.74) is 7.08. The van der Waals surface area contributed by atoms with E-state index in [2.05, 4.69) is 41.2 Å². The number of rotatable bonds is 8. The van der Waals surface area contributed by atoms with Crippen molar-refractivity contribution in [1.82, 2.24) is 9.88 Å². The zero-order valence-electron chi connectivity index (χ0n) is 12.7. The second-order valence-electron chi connectivity index (χ2n) is 5.46. The average molecular weight is 287 g/mol. The first-order valence-electron chi connectivity index (χ1n) is 7.79. The second-order valence-corrected chi connectivity index (χ2v) is 5.46. The Morgan fingerprint density at radius 2 is 2.10 bits per heavy atom. The van der Waals surface area contributed by atoms with Crippen molar-refractivity contribution in [1.29, 1.82) is 0 Å². The number of unbranched alkanes of at least 4 members (excludes halogenated alkanes) is 1. The number of nitrogens with one attached hydrogen (secondary N) is 1. The van der Waals surface area contributed by atoms with E-state index in [1.54, 1.807) is 0 Å². The molecule has 114 valence electrons. The Hall–Kier alpha value is -1.81. The number of carbonyl (C=O) groups is 1. The molecule has 3 N–H and O–H groups in total. The fourth-order valence-corrected chi connectivity index (χ4v) is 2.48. The normalized spacial score (nSPS) is 12.5. The Kier molecular flexibility index (Phi) is 5.81. The quantitative estimate of drug-likeness (QED) is 0.733. The van der Waals surface area contributed by atoms with E-state index in [4.69, 9.17) is 5.73 Å². The number of hydrogen-bond donors (Lipinski definition) is 2. The van der Waals surface area contributed by atoms with Crippen LogP contribution in [0.15, 0.2) is 36.5 Å². The number of nitrogens with two attached hydrogens (primary N) is 1. The van der Waals surface area contributed by atoms with Crippen molar-refractivity contribution >= 4 is 16.8 Å². The third kappa shape index (κ3) is 4.33. The minimum Gasteiger partial charge on any atom is -0.355 e. The molecular weight excluding hydrogens is 262 g/mol. The fourth-order valence-electron chi connectivity index (χ4n) is 2.48. The van der Waals surface area contributed by atoms with Crippen molar-refractivity contribution in [3.8, 4) is 0 Å². The van der Waals surface area contributed by atoms with Crippen LogP contribution in [0.3, 0.4) is 0 Å². The summed E-state index contributed by atoms with van der Waals surface area (Å²) in [4.78, 5) is 11.8. The zero-order valence-corrected chi connectivity index (χ0v) is 12.7. The van der Waals surface area contributed by atoms with Gasteiger partial charge in [0.15, 0.2) is 0 Å². The molecule has 1 unspecified atom stereocenters. The van der Waals surface area contributed by atoms with Gasteiger partial charge in [-0.25, -0.2) is 0 Å². The molecule has 0 bridgehead atoms. The molecule has 1 aromatic carbocycles. The molecule has 0 spiro atoms. The lowest BCUT2D eigenvalue weighted by Gasteiger charge is -2.12. The number of amides is 1. The molecule has 0 aliphatic heterocycles. The number of hydrogen-bond acceptors (Lipinski definition) is 2. The molecule has 0 fully saturated rings. The molecule has 2 aromatic rings. The Labute approximate surface area is 126 Å².